The molecule has 110 valence electrons. The number of amides is 1. The van der Waals surface area contributed by atoms with Crippen molar-refractivity contribution in [2.75, 3.05) is 5.32 Å². The molecule has 0 fully saturated rings. The van der Waals surface area contributed by atoms with Crippen LogP contribution < -0.4 is 10.6 Å². The fraction of sp³-hybridized carbons (Fsp3) is 0.250. The quantitative estimate of drug-likeness (QED) is 0.827. The number of nitrogens with zero attached hydrogens (tertiary/aromatic N) is 4. The van der Waals surface area contributed by atoms with Crippen molar-refractivity contribution >= 4 is 40.8 Å². The highest BCUT2D eigenvalue weighted by Crippen LogP contribution is 2.09. The van der Waals surface area contributed by atoms with Crippen molar-refractivity contribution in [3.05, 3.63) is 34.9 Å². The van der Waals surface area contributed by atoms with Gasteiger partial charge >= 0.3 is 0 Å². The van der Waals surface area contributed by atoms with Gasteiger partial charge in [0, 0.05) is 5.02 Å². The summed E-state index contributed by atoms with van der Waals surface area (Å²) in [6, 6.07) is 7.03. The molecular formula is C12H13ClN6OS. The number of hydrogen-bond donors (Lipinski definition) is 2. The average Bonchev–Trinajstić information content (AvgIpc) is 2.88. The summed E-state index contributed by atoms with van der Waals surface area (Å²) in [5.41, 5.74) is 0.842. The van der Waals surface area contributed by atoms with Gasteiger partial charge in [-0.15, -0.1) is 5.10 Å². The van der Waals surface area contributed by atoms with Crippen molar-refractivity contribution < 1.29 is 4.79 Å². The minimum atomic E-state index is -0.238. The van der Waals surface area contributed by atoms with E-state index in [1.807, 2.05) is 6.92 Å². The predicted octanol–water partition coefficient (Wildman–Crippen LogP) is 1.40. The molecule has 7 nitrogen and oxygen atoms in total. The van der Waals surface area contributed by atoms with Gasteiger partial charge in [-0.2, -0.15) is 4.80 Å². The number of anilines is 1. The number of aromatic nitrogens is 4. The second-order valence-electron chi connectivity index (χ2n) is 4.11. The number of nitrogens with one attached hydrogen (secondary N) is 2. The molecule has 0 spiro atoms. The van der Waals surface area contributed by atoms with Gasteiger partial charge in [0.25, 0.3) is 5.95 Å². The van der Waals surface area contributed by atoms with Crippen LogP contribution in [0.25, 0.3) is 0 Å². The lowest BCUT2D eigenvalue weighted by Gasteiger charge is -2.06. The van der Waals surface area contributed by atoms with Gasteiger partial charge < -0.3 is 5.32 Å². The van der Waals surface area contributed by atoms with Crippen molar-refractivity contribution in [3.8, 4) is 0 Å². The number of carbonyl (C=O) groups is 1. The standard InChI is InChI=1S/C12H13ClN6OS/c1-2-19-17-11(16-18-19)15-12(21)14-10(20)7-8-3-5-9(13)6-4-8/h3-6H,2,7H2,1H3,(H2,14,15,17,20,21). The number of aryl methyl sites for hydroxylation is 1. The van der Waals surface area contributed by atoms with E-state index < -0.39 is 0 Å². The summed E-state index contributed by atoms with van der Waals surface area (Å²) in [4.78, 5) is 13.2. The van der Waals surface area contributed by atoms with Gasteiger partial charge in [0.1, 0.15) is 0 Å². The third kappa shape index (κ3) is 4.76. The summed E-state index contributed by atoms with van der Waals surface area (Å²) in [6.07, 6.45) is 0.202. The molecule has 1 aromatic carbocycles. The first kappa shape index (κ1) is 15.3. The van der Waals surface area contributed by atoms with E-state index in [1.165, 1.54) is 4.80 Å². The van der Waals surface area contributed by atoms with Crippen LogP contribution in [0.1, 0.15) is 12.5 Å². The monoisotopic (exact) mass is 324 g/mol. The third-order valence-corrected chi connectivity index (χ3v) is 2.95. The highest BCUT2D eigenvalue weighted by atomic mass is 35.5. The zero-order valence-electron chi connectivity index (χ0n) is 11.2. The molecule has 0 bridgehead atoms. The Morgan fingerprint density at radius 1 is 1.38 bits per heavy atom. The Kier molecular flexibility index (Phi) is 5.18. The van der Waals surface area contributed by atoms with E-state index in [0.29, 0.717) is 11.6 Å². The SMILES string of the molecule is CCn1nnc(NC(=S)NC(=O)Cc2ccc(Cl)cc2)n1. The van der Waals surface area contributed by atoms with Crippen molar-refractivity contribution in [1.29, 1.82) is 0 Å². The molecule has 2 rings (SSSR count). The summed E-state index contributed by atoms with van der Waals surface area (Å²) in [7, 11) is 0. The second-order valence-corrected chi connectivity index (χ2v) is 4.95. The summed E-state index contributed by atoms with van der Waals surface area (Å²) in [5.74, 6) is 0.00588. The Labute approximate surface area is 131 Å². The lowest BCUT2D eigenvalue weighted by atomic mass is 10.1. The topological polar surface area (TPSA) is 84.7 Å². The summed E-state index contributed by atoms with van der Waals surface area (Å²) in [5, 5.41) is 17.5. The number of carbonyl (C=O) groups excluding carboxylic acids is 1. The molecule has 0 aliphatic carbocycles. The number of hydrogen-bond acceptors (Lipinski definition) is 5. The van der Waals surface area contributed by atoms with Crippen LogP contribution in [0.5, 0.6) is 0 Å². The Morgan fingerprint density at radius 2 is 2.10 bits per heavy atom. The zero-order valence-corrected chi connectivity index (χ0v) is 12.8. The van der Waals surface area contributed by atoms with E-state index in [2.05, 4.69) is 26.0 Å². The first-order chi connectivity index (χ1) is 10.1. The van der Waals surface area contributed by atoms with E-state index >= 15 is 0 Å². The molecule has 0 atom stereocenters. The van der Waals surface area contributed by atoms with Gasteiger partial charge in [-0.05, 0) is 42.1 Å². The van der Waals surface area contributed by atoms with Gasteiger partial charge in [-0.1, -0.05) is 28.8 Å². The van der Waals surface area contributed by atoms with Crippen molar-refractivity contribution in [2.24, 2.45) is 0 Å². The van der Waals surface area contributed by atoms with E-state index in [4.69, 9.17) is 23.8 Å². The van der Waals surface area contributed by atoms with Crippen LogP contribution in [-0.4, -0.2) is 31.2 Å². The van der Waals surface area contributed by atoms with Crippen LogP contribution in [0.3, 0.4) is 0 Å². The lowest BCUT2D eigenvalue weighted by Crippen LogP contribution is -2.35. The Balaban J connectivity index is 1.84. The Bertz CT molecular complexity index is 641. The normalized spacial score (nSPS) is 10.2. The molecular weight excluding hydrogens is 312 g/mol. The highest BCUT2D eigenvalue weighted by Gasteiger charge is 2.08. The number of halogens is 1. The van der Waals surface area contributed by atoms with E-state index in [1.54, 1.807) is 24.3 Å². The molecule has 0 radical (unpaired) electrons. The molecule has 1 aromatic heterocycles. The van der Waals surface area contributed by atoms with Gasteiger partial charge in [0.15, 0.2) is 5.11 Å². The van der Waals surface area contributed by atoms with Crippen LogP contribution >= 0.6 is 23.8 Å². The minimum absolute atomic E-state index is 0.129. The number of tetrazole rings is 1. The van der Waals surface area contributed by atoms with E-state index in [-0.39, 0.29) is 23.4 Å². The van der Waals surface area contributed by atoms with Gasteiger partial charge in [-0.25, -0.2) is 0 Å². The number of benzene rings is 1. The molecule has 2 aromatic rings. The van der Waals surface area contributed by atoms with E-state index in [9.17, 15) is 4.79 Å². The largest absolute Gasteiger partial charge is 0.303 e. The molecule has 1 heterocycles. The first-order valence-electron chi connectivity index (χ1n) is 6.20. The highest BCUT2D eigenvalue weighted by molar-refractivity contribution is 7.80. The third-order valence-electron chi connectivity index (χ3n) is 2.49. The van der Waals surface area contributed by atoms with Gasteiger partial charge in [0.05, 0.1) is 13.0 Å². The van der Waals surface area contributed by atoms with Gasteiger partial charge in [0.2, 0.25) is 5.91 Å². The maximum atomic E-state index is 11.8. The Morgan fingerprint density at radius 3 is 2.71 bits per heavy atom. The predicted molar refractivity (Wildman–Crippen MR) is 83.0 cm³/mol. The van der Waals surface area contributed by atoms with Crippen LogP contribution in [0.2, 0.25) is 5.02 Å². The number of thiocarbonyl (C=S) groups is 1. The molecule has 2 N–H and O–H groups in total. The summed E-state index contributed by atoms with van der Waals surface area (Å²) < 4.78 is 0. The second kappa shape index (κ2) is 7.09. The maximum Gasteiger partial charge on any atom is 0.269 e. The maximum absolute atomic E-state index is 11.8. The first-order valence-corrected chi connectivity index (χ1v) is 6.98. The Hall–Kier alpha value is -2.06. The zero-order chi connectivity index (χ0) is 15.2. The van der Waals surface area contributed by atoms with Crippen LogP contribution in [0, 0.1) is 0 Å². The van der Waals surface area contributed by atoms with Crippen molar-refractivity contribution in [1.82, 2.24) is 25.5 Å². The molecule has 0 saturated heterocycles. The van der Waals surface area contributed by atoms with E-state index in [0.717, 1.165) is 5.56 Å². The van der Waals surface area contributed by atoms with Gasteiger partial charge in [-0.3, -0.25) is 10.1 Å². The molecule has 1 amide bonds. The molecule has 21 heavy (non-hydrogen) atoms. The van der Waals surface area contributed by atoms with Crippen LogP contribution in [0.15, 0.2) is 24.3 Å². The molecule has 9 heteroatoms. The summed E-state index contributed by atoms with van der Waals surface area (Å²) >= 11 is 10.8. The number of rotatable bonds is 4. The fourth-order valence-electron chi connectivity index (χ4n) is 1.52. The lowest BCUT2D eigenvalue weighted by molar-refractivity contribution is -0.119. The molecule has 0 saturated carbocycles. The van der Waals surface area contributed by atoms with Crippen molar-refractivity contribution in [3.63, 3.8) is 0 Å². The van der Waals surface area contributed by atoms with Crippen molar-refractivity contribution in [2.45, 2.75) is 19.9 Å². The smallest absolute Gasteiger partial charge is 0.269 e. The molecule has 0 unspecified atom stereocenters. The minimum Gasteiger partial charge on any atom is -0.303 e. The molecule has 0 aliphatic heterocycles. The van der Waals surface area contributed by atoms with Crippen LogP contribution in [-0.2, 0) is 17.8 Å². The average molecular weight is 325 g/mol. The fourth-order valence-corrected chi connectivity index (χ4v) is 1.85. The molecule has 0 aliphatic rings. The summed E-state index contributed by atoms with van der Waals surface area (Å²) in [6.45, 7) is 2.49. The van der Waals surface area contributed by atoms with Crippen LogP contribution in [0.4, 0.5) is 5.95 Å².